The third-order valence-corrected chi connectivity index (χ3v) is 5.50. The Kier molecular flexibility index (Phi) is 4.04. The van der Waals surface area contributed by atoms with Crippen LogP contribution < -0.4 is 0 Å². The first-order chi connectivity index (χ1) is 12.2. The Morgan fingerprint density at radius 1 is 0.960 bits per heavy atom. The first-order valence-corrected chi connectivity index (χ1v) is 8.88. The molecular formula is C21H21NO3. The van der Waals surface area contributed by atoms with Crippen LogP contribution in [0.1, 0.15) is 59.1 Å². The van der Waals surface area contributed by atoms with E-state index in [0.29, 0.717) is 11.1 Å². The second-order valence-electron chi connectivity index (χ2n) is 6.91. The van der Waals surface area contributed by atoms with E-state index in [1.54, 1.807) is 12.1 Å². The Morgan fingerprint density at radius 2 is 1.60 bits per heavy atom. The summed E-state index contributed by atoms with van der Waals surface area (Å²) >= 11 is 0. The molecule has 0 spiro atoms. The van der Waals surface area contributed by atoms with Crippen molar-refractivity contribution in [3.63, 3.8) is 0 Å². The van der Waals surface area contributed by atoms with Crippen molar-refractivity contribution in [1.82, 2.24) is 4.90 Å². The van der Waals surface area contributed by atoms with E-state index in [2.05, 4.69) is 0 Å². The number of hydrogen-bond donors (Lipinski definition) is 1. The molecule has 1 fully saturated rings. The maximum Gasteiger partial charge on any atom is 0.313 e. The SMILES string of the molecule is O=C(O)[C@H]1c2ccccc2C(=O)N(C2CCCC2)[C@@H]1c1ccccc1. The second-order valence-corrected chi connectivity index (χ2v) is 6.91. The zero-order valence-corrected chi connectivity index (χ0v) is 14.0. The second kappa shape index (κ2) is 6.36. The van der Waals surface area contributed by atoms with Gasteiger partial charge < -0.3 is 10.0 Å². The standard InChI is InChI=1S/C21H21NO3/c23-20-17-13-7-6-12-16(17)18(21(24)25)19(14-8-2-1-3-9-14)22(20)15-10-4-5-11-15/h1-3,6-9,12-13,15,18-19H,4-5,10-11H2,(H,24,25)/t18-,19+/m0/s1. The fourth-order valence-electron chi connectivity index (χ4n) is 4.41. The van der Waals surface area contributed by atoms with Crippen LogP contribution in [0.5, 0.6) is 0 Å². The molecule has 128 valence electrons. The van der Waals surface area contributed by atoms with Crippen LogP contribution in [0.4, 0.5) is 0 Å². The first-order valence-electron chi connectivity index (χ1n) is 8.88. The maximum absolute atomic E-state index is 13.3. The first kappa shape index (κ1) is 15.9. The van der Waals surface area contributed by atoms with Crippen LogP contribution in [-0.2, 0) is 4.79 Å². The van der Waals surface area contributed by atoms with Crippen LogP contribution in [0.3, 0.4) is 0 Å². The lowest BCUT2D eigenvalue weighted by atomic mass is 9.79. The van der Waals surface area contributed by atoms with Gasteiger partial charge in [0.15, 0.2) is 0 Å². The molecule has 0 saturated heterocycles. The summed E-state index contributed by atoms with van der Waals surface area (Å²) < 4.78 is 0. The number of nitrogens with zero attached hydrogens (tertiary/aromatic N) is 1. The number of hydrogen-bond acceptors (Lipinski definition) is 2. The van der Waals surface area contributed by atoms with E-state index in [0.717, 1.165) is 31.2 Å². The van der Waals surface area contributed by atoms with Crippen molar-refractivity contribution in [2.45, 2.75) is 43.7 Å². The predicted molar refractivity (Wildman–Crippen MR) is 94.4 cm³/mol. The Labute approximate surface area is 147 Å². The van der Waals surface area contributed by atoms with Crippen LogP contribution in [0.2, 0.25) is 0 Å². The van der Waals surface area contributed by atoms with Crippen LogP contribution >= 0.6 is 0 Å². The highest BCUT2D eigenvalue weighted by molar-refractivity contribution is 6.00. The summed E-state index contributed by atoms with van der Waals surface area (Å²) in [4.78, 5) is 27.4. The van der Waals surface area contributed by atoms with Gasteiger partial charge in [0.05, 0.1) is 6.04 Å². The Bertz CT molecular complexity index is 796. The largest absolute Gasteiger partial charge is 0.481 e. The zero-order chi connectivity index (χ0) is 17.4. The van der Waals surface area contributed by atoms with E-state index in [1.165, 1.54) is 0 Å². The molecule has 1 aliphatic heterocycles. The topological polar surface area (TPSA) is 57.6 Å². The Morgan fingerprint density at radius 3 is 2.28 bits per heavy atom. The molecule has 1 heterocycles. The molecule has 25 heavy (non-hydrogen) atoms. The summed E-state index contributed by atoms with van der Waals surface area (Å²) in [6, 6.07) is 16.4. The molecule has 1 N–H and O–H groups in total. The molecule has 1 saturated carbocycles. The molecule has 4 heteroatoms. The summed E-state index contributed by atoms with van der Waals surface area (Å²) in [6.45, 7) is 0. The predicted octanol–water partition coefficient (Wildman–Crippen LogP) is 3.99. The highest BCUT2D eigenvalue weighted by Crippen LogP contribution is 2.45. The molecule has 1 amide bonds. The average molecular weight is 335 g/mol. The molecule has 0 aromatic heterocycles. The lowest BCUT2D eigenvalue weighted by molar-refractivity contribution is -0.140. The molecular weight excluding hydrogens is 314 g/mol. The van der Waals surface area contributed by atoms with Gasteiger partial charge in [-0.15, -0.1) is 0 Å². The fourth-order valence-corrected chi connectivity index (χ4v) is 4.41. The quantitative estimate of drug-likeness (QED) is 0.922. The van der Waals surface area contributed by atoms with E-state index in [1.807, 2.05) is 47.4 Å². The molecule has 4 rings (SSSR count). The van der Waals surface area contributed by atoms with Gasteiger partial charge in [-0.05, 0) is 30.0 Å². The maximum atomic E-state index is 13.3. The summed E-state index contributed by atoms with van der Waals surface area (Å²) in [5, 5.41) is 10.0. The number of fused-ring (bicyclic) bond motifs is 1. The van der Waals surface area contributed by atoms with Gasteiger partial charge in [-0.25, -0.2) is 0 Å². The van der Waals surface area contributed by atoms with Crippen molar-refractivity contribution in [3.8, 4) is 0 Å². The lowest BCUT2D eigenvalue weighted by Crippen LogP contribution is -2.49. The fraction of sp³-hybridized carbons (Fsp3) is 0.333. The van der Waals surface area contributed by atoms with E-state index in [-0.39, 0.29) is 11.9 Å². The highest BCUT2D eigenvalue weighted by Gasteiger charge is 2.46. The average Bonchev–Trinajstić information content (AvgIpc) is 3.16. The van der Waals surface area contributed by atoms with Crippen LogP contribution in [0.25, 0.3) is 0 Å². The minimum Gasteiger partial charge on any atom is -0.481 e. The number of carbonyl (C=O) groups excluding carboxylic acids is 1. The van der Waals surface area contributed by atoms with Crippen molar-refractivity contribution < 1.29 is 14.7 Å². The number of amides is 1. The van der Waals surface area contributed by atoms with Gasteiger partial charge in [0.2, 0.25) is 0 Å². The summed E-state index contributed by atoms with van der Waals surface area (Å²) in [5.41, 5.74) is 2.06. The molecule has 2 aliphatic rings. The van der Waals surface area contributed by atoms with Gasteiger partial charge in [-0.2, -0.15) is 0 Å². The van der Waals surface area contributed by atoms with E-state index >= 15 is 0 Å². The molecule has 2 aromatic rings. The zero-order valence-electron chi connectivity index (χ0n) is 14.0. The van der Waals surface area contributed by atoms with Gasteiger partial charge in [-0.1, -0.05) is 61.4 Å². The minimum atomic E-state index is -0.878. The van der Waals surface area contributed by atoms with Crippen molar-refractivity contribution in [1.29, 1.82) is 0 Å². The van der Waals surface area contributed by atoms with Crippen molar-refractivity contribution in [2.24, 2.45) is 0 Å². The van der Waals surface area contributed by atoms with Crippen molar-refractivity contribution in [3.05, 3.63) is 71.3 Å². The van der Waals surface area contributed by atoms with Gasteiger partial charge in [0.25, 0.3) is 5.91 Å². The summed E-state index contributed by atoms with van der Waals surface area (Å²) in [7, 11) is 0. The van der Waals surface area contributed by atoms with Crippen molar-refractivity contribution in [2.75, 3.05) is 0 Å². The molecule has 0 unspecified atom stereocenters. The Balaban J connectivity index is 1.91. The minimum absolute atomic E-state index is 0.0335. The molecule has 1 aliphatic carbocycles. The molecule has 4 nitrogen and oxygen atoms in total. The number of aliphatic carboxylic acids is 1. The monoisotopic (exact) mass is 335 g/mol. The number of rotatable bonds is 3. The number of benzene rings is 2. The van der Waals surface area contributed by atoms with Crippen molar-refractivity contribution >= 4 is 11.9 Å². The van der Waals surface area contributed by atoms with Crippen LogP contribution in [0, 0.1) is 0 Å². The summed E-state index contributed by atoms with van der Waals surface area (Å²) in [6.07, 6.45) is 4.08. The Hall–Kier alpha value is -2.62. The number of carboxylic acid groups (broad SMARTS) is 1. The van der Waals surface area contributed by atoms with E-state index < -0.39 is 17.9 Å². The van der Waals surface area contributed by atoms with E-state index in [9.17, 15) is 14.7 Å². The number of carbonyl (C=O) groups is 2. The molecule has 0 bridgehead atoms. The normalized spacial score (nSPS) is 23.5. The van der Waals surface area contributed by atoms with E-state index in [4.69, 9.17) is 0 Å². The van der Waals surface area contributed by atoms with Gasteiger partial charge in [-0.3, -0.25) is 9.59 Å². The van der Waals surface area contributed by atoms with Crippen LogP contribution in [-0.4, -0.2) is 27.9 Å². The third kappa shape index (κ3) is 2.62. The molecule has 0 radical (unpaired) electrons. The smallest absolute Gasteiger partial charge is 0.313 e. The number of carboxylic acids is 1. The molecule has 2 atom stereocenters. The van der Waals surface area contributed by atoms with Gasteiger partial charge in [0.1, 0.15) is 5.92 Å². The lowest BCUT2D eigenvalue weighted by Gasteiger charge is -2.44. The molecule has 2 aromatic carbocycles. The van der Waals surface area contributed by atoms with Crippen LogP contribution in [0.15, 0.2) is 54.6 Å². The summed E-state index contributed by atoms with van der Waals surface area (Å²) in [5.74, 6) is -1.65. The van der Waals surface area contributed by atoms with Gasteiger partial charge in [0, 0.05) is 11.6 Å². The highest BCUT2D eigenvalue weighted by atomic mass is 16.4. The van der Waals surface area contributed by atoms with Gasteiger partial charge >= 0.3 is 5.97 Å². The third-order valence-electron chi connectivity index (χ3n) is 5.50.